The Hall–Kier alpha value is -1.31. The van der Waals surface area contributed by atoms with Gasteiger partial charge < -0.3 is 5.32 Å². The highest BCUT2D eigenvalue weighted by atomic mass is 14.9. The molecule has 0 atom stereocenters. The van der Waals surface area contributed by atoms with E-state index in [1.807, 2.05) is 13.2 Å². The van der Waals surface area contributed by atoms with Gasteiger partial charge >= 0.3 is 0 Å². The molecule has 1 aromatic heterocycles. The molecule has 64 valence electrons. The highest BCUT2D eigenvalue weighted by molar-refractivity contribution is 5.62. The molecule has 2 nitrogen and oxygen atoms in total. The predicted molar refractivity (Wildman–Crippen MR) is 53.3 cm³/mol. The van der Waals surface area contributed by atoms with Crippen LogP contribution in [0.1, 0.15) is 18.2 Å². The third kappa shape index (κ3) is 1.64. The fourth-order valence-corrected chi connectivity index (χ4v) is 1.07. The van der Waals surface area contributed by atoms with E-state index >= 15 is 0 Å². The number of aromatic nitrogens is 1. The summed E-state index contributed by atoms with van der Waals surface area (Å²) in [6, 6.07) is 2.10. The minimum Gasteiger partial charge on any atom is -0.386 e. The van der Waals surface area contributed by atoms with Crippen molar-refractivity contribution in [2.24, 2.45) is 0 Å². The second-order valence-corrected chi connectivity index (χ2v) is 2.58. The molecule has 0 aromatic carbocycles. The largest absolute Gasteiger partial charge is 0.386 e. The van der Waals surface area contributed by atoms with Crippen molar-refractivity contribution in [3.05, 3.63) is 30.1 Å². The number of anilines is 1. The molecule has 0 fully saturated rings. The van der Waals surface area contributed by atoms with Gasteiger partial charge in [0.15, 0.2) is 0 Å². The molecule has 1 rings (SSSR count). The van der Waals surface area contributed by atoms with Crippen LogP contribution in [-0.4, -0.2) is 12.0 Å². The lowest BCUT2D eigenvalue weighted by atomic mass is 10.2. The first-order chi connectivity index (χ1) is 5.81. The van der Waals surface area contributed by atoms with Gasteiger partial charge in [0.2, 0.25) is 0 Å². The lowest BCUT2D eigenvalue weighted by molar-refractivity contribution is 1.10. The van der Waals surface area contributed by atoms with Crippen LogP contribution in [-0.2, 0) is 6.42 Å². The minimum atomic E-state index is 0.912. The Morgan fingerprint density at radius 1 is 1.67 bits per heavy atom. The summed E-state index contributed by atoms with van der Waals surface area (Å²) in [5.74, 6) is 0. The SMILES string of the molecule is C=Cc1ncc(CC)cc1NC. The molecule has 0 saturated heterocycles. The molecule has 1 heterocycles. The third-order valence-electron chi connectivity index (χ3n) is 1.85. The van der Waals surface area contributed by atoms with Crippen molar-refractivity contribution in [2.75, 3.05) is 12.4 Å². The molecule has 0 aliphatic heterocycles. The number of hydrogen-bond acceptors (Lipinski definition) is 2. The van der Waals surface area contributed by atoms with Gasteiger partial charge in [-0.15, -0.1) is 0 Å². The standard InChI is InChI=1S/C10H14N2/c1-4-8-6-10(11-3)9(5-2)12-7-8/h5-7,11H,2,4H2,1,3H3. The zero-order chi connectivity index (χ0) is 8.97. The Morgan fingerprint density at radius 2 is 2.42 bits per heavy atom. The third-order valence-corrected chi connectivity index (χ3v) is 1.85. The first kappa shape index (κ1) is 8.78. The molecule has 1 aromatic rings. The summed E-state index contributed by atoms with van der Waals surface area (Å²) < 4.78 is 0. The van der Waals surface area contributed by atoms with Crippen molar-refractivity contribution in [2.45, 2.75) is 13.3 Å². The maximum absolute atomic E-state index is 4.26. The van der Waals surface area contributed by atoms with Crippen LogP contribution in [0.3, 0.4) is 0 Å². The average molecular weight is 162 g/mol. The van der Waals surface area contributed by atoms with Crippen LogP contribution >= 0.6 is 0 Å². The number of nitrogens with zero attached hydrogens (tertiary/aromatic N) is 1. The van der Waals surface area contributed by atoms with Crippen molar-refractivity contribution >= 4 is 11.8 Å². The van der Waals surface area contributed by atoms with Gasteiger partial charge in [0.25, 0.3) is 0 Å². The van der Waals surface area contributed by atoms with E-state index in [1.54, 1.807) is 6.08 Å². The molecule has 12 heavy (non-hydrogen) atoms. The number of aryl methyl sites for hydroxylation is 1. The van der Waals surface area contributed by atoms with Gasteiger partial charge in [0, 0.05) is 13.2 Å². The van der Waals surface area contributed by atoms with Crippen LogP contribution in [0, 0.1) is 0 Å². The number of pyridine rings is 1. The molecule has 0 bridgehead atoms. The Morgan fingerprint density at radius 3 is 2.92 bits per heavy atom. The second-order valence-electron chi connectivity index (χ2n) is 2.58. The summed E-state index contributed by atoms with van der Waals surface area (Å²) >= 11 is 0. The molecule has 0 amide bonds. The summed E-state index contributed by atoms with van der Waals surface area (Å²) in [5.41, 5.74) is 3.20. The normalized spacial score (nSPS) is 9.50. The van der Waals surface area contributed by atoms with E-state index in [1.165, 1.54) is 5.56 Å². The first-order valence-corrected chi connectivity index (χ1v) is 4.11. The smallest absolute Gasteiger partial charge is 0.0855 e. The maximum Gasteiger partial charge on any atom is 0.0855 e. The van der Waals surface area contributed by atoms with Gasteiger partial charge in [-0.2, -0.15) is 0 Å². The summed E-state index contributed by atoms with van der Waals surface area (Å²) in [7, 11) is 1.89. The van der Waals surface area contributed by atoms with Gasteiger partial charge in [0.1, 0.15) is 0 Å². The fourth-order valence-electron chi connectivity index (χ4n) is 1.07. The van der Waals surface area contributed by atoms with Crippen molar-refractivity contribution in [1.82, 2.24) is 4.98 Å². The summed E-state index contributed by atoms with van der Waals surface area (Å²) in [4.78, 5) is 4.26. The number of hydrogen-bond donors (Lipinski definition) is 1. The Balaban J connectivity index is 3.10. The molecule has 0 unspecified atom stereocenters. The highest BCUT2D eigenvalue weighted by Gasteiger charge is 1.98. The van der Waals surface area contributed by atoms with Crippen LogP contribution in [0.4, 0.5) is 5.69 Å². The van der Waals surface area contributed by atoms with Crippen molar-refractivity contribution in [1.29, 1.82) is 0 Å². The second kappa shape index (κ2) is 3.90. The molecular formula is C10H14N2. The predicted octanol–water partition coefficient (Wildman–Crippen LogP) is 2.33. The van der Waals surface area contributed by atoms with Gasteiger partial charge in [0.05, 0.1) is 11.4 Å². The summed E-state index contributed by atoms with van der Waals surface area (Å²) in [5, 5.41) is 3.09. The van der Waals surface area contributed by atoms with Crippen molar-refractivity contribution < 1.29 is 0 Å². The van der Waals surface area contributed by atoms with Crippen LogP contribution in [0.15, 0.2) is 18.8 Å². The molecule has 0 radical (unpaired) electrons. The zero-order valence-electron chi connectivity index (χ0n) is 7.59. The highest BCUT2D eigenvalue weighted by Crippen LogP contribution is 2.15. The molecule has 0 aliphatic carbocycles. The molecule has 0 aliphatic rings. The Kier molecular flexibility index (Phi) is 2.86. The van der Waals surface area contributed by atoms with Crippen LogP contribution < -0.4 is 5.32 Å². The Bertz CT molecular complexity index is 279. The van der Waals surface area contributed by atoms with E-state index in [9.17, 15) is 0 Å². The maximum atomic E-state index is 4.26. The zero-order valence-corrected chi connectivity index (χ0v) is 7.59. The van der Waals surface area contributed by atoms with E-state index < -0.39 is 0 Å². The van der Waals surface area contributed by atoms with E-state index in [0.29, 0.717) is 0 Å². The summed E-state index contributed by atoms with van der Waals surface area (Å²) in [6.45, 7) is 5.81. The van der Waals surface area contributed by atoms with E-state index in [0.717, 1.165) is 17.8 Å². The molecule has 2 heteroatoms. The van der Waals surface area contributed by atoms with Crippen LogP contribution in [0.5, 0.6) is 0 Å². The van der Waals surface area contributed by atoms with Crippen LogP contribution in [0.25, 0.3) is 6.08 Å². The average Bonchev–Trinajstić information content (AvgIpc) is 2.16. The number of nitrogens with one attached hydrogen (secondary N) is 1. The van der Waals surface area contributed by atoms with E-state index in [4.69, 9.17) is 0 Å². The lowest BCUT2D eigenvalue weighted by Gasteiger charge is -2.05. The topological polar surface area (TPSA) is 24.9 Å². The van der Waals surface area contributed by atoms with Crippen molar-refractivity contribution in [3.63, 3.8) is 0 Å². The fraction of sp³-hybridized carbons (Fsp3) is 0.300. The quantitative estimate of drug-likeness (QED) is 0.737. The molecular weight excluding hydrogens is 148 g/mol. The molecule has 0 spiro atoms. The van der Waals surface area contributed by atoms with Gasteiger partial charge in [-0.05, 0) is 24.1 Å². The molecule has 1 N–H and O–H groups in total. The van der Waals surface area contributed by atoms with E-state index in [2.05, 4.69) is 29.9 Å². The van der Waals surface area contributed by atoms with Gasteiger partial charge in [-0.3, -0.25) is 4.98 Å². The van der Waals surface area contributed by atoms with Crippen molar-refractivity contribution in [3.8, 4) is 0 Å². The van der Waals surface area contributed by atoms with Gasteiger partial charge in [-0.1, -0.05) is 13.5 Å². The monoisotopic (exact) mass is 162 g/mol. The first-order valence-electron chi connectivity index (χ1n) is 4.11. The lowest BCUT2D eigenvalue weighted by Crippen LogP contribution is -1.95. The summed E-state index contributed by atoms with van der Waals surface area (Å²) in [6.07, 6.45) is 4.65. The number of rotatable bonds is 3. The minimum absolute atomic E-state index is 0.912. The van der Waals surface area contributed by atoms with Crippen LogP contribution in [0.2, 0.25) is 0 Å². The Labute approximate surface area is 73.3 Å². The van der Waals surface area contributed by atoms with Gasteiger partial charge in [-0.25, -0.2) is 0 Å². The molecule has 0 saturated carbocycles. The van der Waals surface area contributed by atoms with E-state index in [-0.39, 0.29) is 0 Å².